The predicted octanol–water partition coefficient (Wildman–Crippen LogP) is 10.3. The zero-order chi connectivity index (χ0) is 30.5. The zero-order valence-corrected chi connectivity index (χ0v) is 26.0. The summed E-state index contributed by atoms with van der Waals surface area (Å²) in [5.74, 6) is 1.89. The average molecular weight is 626 g/mol. The summed E-state index contributed by atoms with van der Waals surface area (Å²) in [4.78, 5) is 27.8. The molecule has 0 spiro atoms. The largest absolute Gasteiger partial charge is 0.236 e. The van der Waals surface area contributed by atoms with Crippen LogP contribution in [0.1, 0.15) is 0 Å². The van der Waals surface area contributed by atoms with Crippen LogP contribution in [0, 0.1) is 0 Å². The van der Waals surface area contributed by atoms with Crippen molar-refractivity contribution in [3.8, 4) is 45.3 Å². The van der Waals surface area contributed by atoms with Crippen molar-refractivity contribution < 1.29 is 0 Å². The van der Waals surface area contributed by atoms with Gasteiger partial charge in [0.1, 0.15) is 10.1 Å². The lowest BCUT2D eigenvalue weighted by atomic mass is 9.97. The highest BCUT2D eigenvalue weighted by molar-refractivity contribution is 8.05. The van der Waals surface area contributed by atoms with E-state index in [1.165, 1.54) is 9.79 Å². The topological polar surface area (TPSA) is 64.5 Å². The monoisotopic (exact) mass is 625 g/mol. The van der Waals surface area contributed by atoms with Crippen LogP contribution in [0.2, 0.25) is 0 Å². The van der Waals surface area contributed by atoms with Crippen LogP contribution in [0.25, 0.3) is 67.1 Å². The van der Waals surface area contributed by atoms with Crippen LogP contribution >= 0.6 is 23.5 Å². The summed E-state index contributed by atoms with van der Waals surface area (Å²) in [7, 11) is 0. The summed E-state index contributed by atoms with van der Waals surface area (Å²) in [6.07, 6.45) is 0. The molecule has 0 amide bonds. The molecular formula is C39H23N5S2. The van der Waals surface area contributed by atoms with Crippen LogP contribution < -0.4 is 0 Å². The first-order valence-electron chi connectivity index (χ1n) is 14.9. The second-order valence-electron chi connectivity index (χ2n) is 10.9. The van der Waals surface area contributed by atoms with Crippen LogP contribution in [0.4, 0.5) is 0 Å². The number of hydrogen-bond acceptors (Lipinski definition) is 7. The van der Waals surface area contributed by atoms with Gasteiger partial charge in [-0.15, -0.1) is 0 Å². The van der Waals surface area contributed by atoms with Gasteiger partial charge in [0.15, 0.2) is 17.5 Å². The van der Waals surface area contributed by atoms with E-state index in [1.54, 1.807) is 23.5 Å². The first-order chi connectivity index (χ1) is 22.8. The Balaban J connectivity index is 1.23. The molecule has 0 atom stereocenters. The molecule has 2 aromatic heterocycles. The zero-order valence-electron chi connectivity index (χ0n) is 24.3. The van der Waals surface area contributed by atoms with Crippen molar-refractivity contribution in [1.82, 2.24) is 24.9 Å². The minimum absolute atomic E-state index is 0.617. The number of rotatable bonds is 4. The van der Waals surface area contributed by atoms with Crippen molar-refractivity contribution in [2.45, 2.75) is 19.8 Å². The second kappa shape index (κ2) is 11.2. The Kier molecular flexibility index (Phi) is 6.58. The van der Waals surface area contributed by atoms with Gasteiger partial charge >= 0.3 is 0 Å². The van der Waals surface area contributed by atoms with Gasteiger partial charge in [0.25, 0.3) is 0 Å². The van der Waals surface area contributed by atoms with E-state index < -0.39 is 0 Å². The number of benzene rings is 6. The van der Waals surface area contributed by atoms with Crippen molar-refractivity contribution in [2.75, 3.05) is 0 Å². The van der Waals surface area contributed by atoms with Crippen molar-refractivity contribution in [2.24, 2.45) is 0 Å². The fourth-order valence-electron chi connectivity index (χ4n) is 5.79. The fraction of sp³-hybridized carbons (Fsp3) is 0. The van der Waals surface area contributed by atoms with Crippen LogP contribution in [0.5, 0.6) is 0 Å². The Morgan fingerprint density at radius 1 is 0.370 bits per heavy atom. The Morgan fingerprint density at radius 3 is 1.52 bits per heavy atom. The molecule has 6 aromatic carbocycles. The minimum atomic E-state index is 0.617. The lowest BCUT2D eigenvalue weighted by Gasteiger charge is -2.18. The molecule has 0 unspecified atom stereocenters. The van der Waals surface area contributed by atoms with E-state index in [-0.39, 0.29) is 0 Å². The second-order valence-corrected chi connectivity index (χ2v) is 13.0. The molecule has 5 nitrogen and oxygen atoms in total. The lowest BCUT2D eigenvalue weighted by Crippen LogP contribution is -2.00. The molecular weight excluding hydrogens is 603 g/mol. The van der Waals surface area contributed by atoms with E-state index in [0.29, 0.717) is 17.5 Å². The van der Waals surface area contributed by atoms with Crippen LogP contribution in [-0.4, -0.2) is 24.9 Å². The SMILES string of the molecule is c1ccc(-c2nc(-c3ccccc3)nc(-c3cccc(-c4cc5ccccc5c5nc6c(nc45)Sc4ccccc4S6)c3)n2)cc1. The third kappa shape index (κ3) is 4.81. The molecule has 0 radical (unpaired) electrons. The van der Waals surface area contributed by atoms with Gasteiger partial charge in [-0.25, -0.2) is 24.9 Å². The smallest absolute Gasteiger partial charge is 0.164 e. The molecule has 0 fully saturated rings. The highest BCUT2D eigenvalue weighted by atomic mass is 32.2. The van der Waals surface area contributed by atoms with E-state index in [4.69, 9.17) is 24.9 Å². The quantitative estimate of drug-likeness (QED) is 0.180. The molecule has 0 saturated carbocycles. The molecule has 1 aliphatic heterocycles. The molecule has 7 heteroatoms. The molecule has 0 saturated heterocycles. The molecule has 0 aliphatic carbocycles. The van der Waals surface area contributed by atoms with Gasteiger partial charge in [0.05, 0.1) is 11.0 Å². The number of fused-ring (bicyclic) bond motifs is 5. The van der Waals surface area contributed by atoms with Gasteiger partial charge in [-0.1, -0.05) is 139 Å². The maximum atomic E-state index is 5.29. The first-order valence-corrected chi connectivity index (χ1v) is 16.6. The molecule has 0 N–H and O–H groups in total. The van der Waals surface area contributed by atoms with E-state index in [1.807, 2.05) is 60.7 Å². The third-order valence-electron chi connectivity index (χ3n) is 8.00. The molecule has 3 heterocycles. The third-order valence-corrected chi connectivity index (χ3v) is 10.4. The van der Waals surface area contributed by atoms with E-state index in [0.717, 1.165) is 59.7 Å². The summed E-state index contributed by atoms with van der Waals surface area (Å²) < 4.78 is 0. The van der Waals surface area contributed by atoms with Gasteiger partial charge in [-0.3, -0.25) is 0 Å². The summed E-state index contributed by atoms with van der Waals surface area (Å²) in [5.41, 5.74) is 6.62. The fourth-order valence-corrected chi connectivity index (χ4v) is 7.87. The Bertz CT molecular complexity index is 2370. The van der Waals surface area contributed by atoms with E-state index in [9.17, 15) is 0 Å². The van der Waals surface area contributed by atoms with E-state index >= 15 is 0 Å². The summed E-state index contributed by atoms with van der Waals surface area (Å²) >= 11 is 3.37. The van der Waals surface area contributed by atoms with Crippen molar-refractivity contribution in [1.29, 1.82) is 0 Å². The Morgan fingerprint density at radius 2 is 0.870 bits per heavy atom. The van der Waals surface area contributed by atoms with Gasteiger partial charge in [-0.2, -0.15) is 0 Å². The molecule has 46 heavy (non-hydrogen) atoms. The van der Waals surface area contributed by atoms with Gasteiger partial charge in [-0.05, 0) is 35.2 Å². The van der Waals surface area contributed by atoms with Crippen LogP contribution in [-0.2, 0) is 0 Å². The van der Waals surface area contributed by atoms with Gasteiger partial charge in [0.2, 0.25) is 0 Å². The maximum absolute atomic E-state index is 5.29. The Hall–Kier alpha value is -5.37. The summed E-state index contributed by atoms with van der Waals surface area (Å²) in [6, 6.07) is 47.6. The van der Waals surface area contributed by atoms with E-state index in [2.05, 4.69) is 78.9 Å². The molecule has 1 aliphatic rings. The molecule has 9 rings (SSSR count). The number of hydrogen-bond donors (Lipinski definition) is 0. The first kappa shape index (κ1) is 27.0. The predicted molar refractivity (Wildman–Crippen MR) is 187 cm³/mol. The molecule has 216 valence electrons. The van der Waals surface area contributed by atoms with Crippen LogP contribution in [0.15, 0.2) is 159 Å². The van der Waals surface area contributed by atoms with Crippen molar-refractivity contribution >= 4 is 45.3 Å². The maximum Gasteiger partial charge on any atom is 0.164 e. The lowest BCUT2D eigenvalue weighted by molar-refractivity contribution is 0.956. The number of aromatic nitrogens is 5. The number of nitrogens with zero attached hydrogens (tertiary/aromatic N) is 5. The summed E-state index contributed by atoms with van der Waals surface area (Å²) in [5, 5.41) is 4.09. The van der Waals surface area contributed by atoms with Crippen molar-refractivity contribution in [3.05, 3.63) is 140 Å². The van der Waals surface area contributed by atoms with Crippen LogP contribution in [0.3, 0.4) is 0 Å². The average Bonchev–Trinajstić information content (AvgIpc) is 3.13. The molecule has 8 aromatic rings. The highest BCUT2D eigenvalue weighted by Crippen LogP contribution is 2.48. The normalized spacial score (nSPS) is 12.2. The Labute approximate surface area is 273 Å². The van der Waals surface area contributed by atoms with Gasteiger partial charge in [0, 0.05) is 37.4 Å². The molecule has 0 bridgehead atoms. The minimum Gasteiger partial charge on any atom is -0.236 e. The summed E-state index contributed by atoms with van der Waals surface area (Å²) in [6.45, 7) is 0. The van der Waals surface area contributed by atoms with Gasteiger partial charge < -0.3 is 0 Å². The standard InChI is InChI=1S/C39H23N5S2/c1-3-12-24(13-4-1)35-42-36(25-14-5-2-6-15-25)44-37(43-35)28-18-11-17-26(22-28)30-23-27-16-7-8-19-29(27)33-34(30)41-39-38(40-33)45-31-20-9-10-21-32(31)46-39/h1-23H. The highest BCUT2D eigenvalue weighted by Gasteiger charge is 2.23. The van der Waals surface area contributed by atoms with Crippen molar-refractivity contribution in [3.63, 3.8) is 0 Å².